The molecular weight excluding hydrogens is 204 g/mol. The Balaban J connectivity index is 2.22. The molecule has 0 bridgehead atoms. The summed E-state index contributed by atoms with van der Waals surface area (Å²) in [6.45, 7) is 1.84. The van der Waals surface area contributed by atoms with Crippen molar-refractivity contribution in [2.75, 3.05) is 5.73 Å². The van der Waals surface area contributed by atoms with E-state index in [1.807, 2.05) is 31.2 Å². The van der Waals surface area contributed by atoms with Gasteiger partial charge < -0.3 is 15.2 Å². The number of aromatic nitrogens is 3. The maximum absolute atomic E-state index is 5.83. The first-order valence-electron chi connectivity index (χ1n) is 4.92. The molecule has 0 saturated carbocycles. The van der Waals surface area contributed by atoms with Crippen LogP contribution in [-0.4, -0.2) is 15.1 Å². The number of nitrogens with one attached hydrogen (secondary N) is 1. The minimum Gasteiger partial charge on any atom is -0.397 e. The number of nitrogen functional groups attached to an aromatic ring is 1. The number of H-pyrrole nitrogens is 1. The van der Waals surface area contributed by atoms with Gasteiger partial charge in [0, 0.05) is 6.07 Å². The lowest BCUT2D eigenvalue weighted by Gasteiger charge is -1.90. The van der Waals surface area contributed by atoms with Crippen LogP contribution in [0.2, 0.25) is 0 Å². The van der Waals surface area contributed by atoms with Gasteiger partial charge in [0.15, 0.2) is 5.82 Å². The van der Waals surface area contributed by atoms with Crippen LogP contribution in [0, 0.1) is 6.92 Å². The van der Waals surface area contributed by atoms with Crippen LogP contribution in [0.3, 0.4) is 0 Å². The highest BCUT2D eigenvalue weighted by Gasteiger charge is 2.10. The van der Waals surface area contributed by atoms with Gasteiger partial charge >= 0.3 is 0 Å². The fourth-order valence-electron chi connectivity index (χ4n) is 1.65. The van der Waals surface area contributed by atoms with Crippen molar-refractivity contribution in [1.29, 1.82) is 0 Å². The molecule has 0 aliphatic rings. The summed E-state index contributed by atoms with van der Waals surface area (Å²) in [5, 5.41) is 3.90. The van der Waals surface area contributed by atoms with Gasteiger partial charge in [-0.05, 0) is 19.1 Å². The molecule has 0 fully saturated rings. The number of nitrogens with two attached hydrogens (primary N) is 1. The first-order valence-corrected chi connectivity index (χ1v) is 4.92. The number of nitrogens with zero attached hydrogens (tertiary/aromatic N) is 2. The summed E-state index contributed by atoms with van der Waals surface area (Å²) in [7, 11) is 0. The zero-order valence-corrected chi connectivity index (χ0v) is 8.69. The van der Waals surface area contributed by atoms with Crippen molar-refractivity contribution in [3.05, 3.63) is 30.0 Å². The molecule has 5 nitrogen and oxygen atoms in total. The summed E-state index contributed by atoms with van der Waals surface area (Å²) < 4.78 is 5.00. The molecule has 1 aromatic carbocycles. The molecule has 3 aromatic rings. The molecule has 0 amide bonds. The summed E-state index contributed by atoms with van der Waals surface area (Å²) >= 11 is 0. The number of rotatable bonds is 1. The van der Waals surface area contributed by atoms with E-state index in [2.05, 4.69) is 15.1 Å². The Labute approximate surface area is 91.3 Å². The number of imidazole rings is 1. The summed E-state index contributed by atoms with van der Waals surface area (Å²) in [6, 6.07) is 7.46. The molecular formula is C11H10N4O. The summed E-state index contributed by atoms with van der Waals surface area (Å²) in [4.78, 5) is 7.55. The largest absolute Gasteiger partial charge is 0.397 e. The Kier molecular flexibility index (Phi) is 1.73. The second-order valence-corrected chi connectivity index (χ2v) is 3.65. The highest BCUT2D eigenvalue weighted by molar-refractivity contribution is 5.88. The number of aryl methyl sites for hydroxylation is 1. The monoisotopic (exact) mass is 214 g/mol. The third-order valence-electron chi connectivity index (χ3n) is 2.41. The number of anilines is 1. The lowest BCUT2D eigenvalue weighted by Crippen LogP contribution is -1.85. The fourth-order valence-corrected chi connectivity index (χ4v) is 1.65. The third-order valence-corrected chi connectivity index (χ3v) is 2.41. The van der Waals surface area contributed by atoms with Crippen molar-refractivity contribution in [2.24, 2.45) is 0 Å². The second kappa shape index (κ2) is 3.10. The first kappa shape index (κ1) is 8.96. The predicted octanol–water partition coefficient (Wildman–Crippen LogP) is 2.11. The Bertz CT molecular complexity index is 653. The Morgan fingerprint density at radius 3 is 2.94 bits per heavy atom. The Morgan fingerprint density at radius 2 is 2.25 bits per heavy atom. The number of benzene rings is 1. The Hall–Kier alpha value is -2.30. The van der Waals surface area contributed by atoms with Crippen molar-refractivity contribution in [3.63, 3.8) is 0 Å². The van der Waals surface area contributed by atoms with Gasteiger partial charge in [0.2, 0.25) is 0 Å². The van der Waals surface area contributed by atoms with Crippen LogP contribution >= 0.6 is 0 Å². The van der Waals surface area contributed by atoms with Gasteiger partial charge in [0.25, 0.3) is 0 Å². The highest BCUT2D eigenvalue weighted by Crippen LogP contribution is 2.23. The van der Waals surface area contributed by atoms with Crippen molar-refractivity contribution < 1.29 is 4.52 Å². The Morgan fingerprint density at radius 1 is 1.38 bits per heavy atom. The number of aromatic amines is 1. The number of hydrogen-bond donors (Lipinski definition) is 2. The molecule has 80 valence electrons. The van der Waals surface area contributed by atoms with E-state index in [1.54, 1.807) is 0 Å². The molecule has 0 aliphatic carbocycles. The van der Waals surface area contributed by atoms with Gasteiger partial charge in [-0.1, -0.05) is 11.2 Å². The zero-order valence-electron chi connectivity index (χ0n) is 8.69. The van der Waals surface area contributed by atoms with Crippen LogP contribution in [0.25, 0.3) is 22.6 Å². The average Bonchev–Trinajstić information content (AvgIpc) is 2.84. The summed E-state index contributed by atoms with van der Waals surface area (Å²) in [6.07, 6.45) is 0. The standard InChI is InChI=1S/C11H10N4O/c1-6-5-9(15-16-6)11-13-8-4-2-3-7(12)10(8)14-11/h2-5H,12H2,1H3,(H,13,14). The van der Waals surface area contributed by atoms with E-state index in [0.717, 1.165) is 16.8 Å². The molecule has 0 unspecified atom stereocenters. The molecule has 2 heterocycles. The highest BCUT2D eigenvalue weighted by atomic mass is 16.5. The van der Waals surface area contributed by atoms with E-state index in [1.165, 1.54) is 0 Å². The van der Waals surface area contributed by atoms with Crippen molar-refractivity contribution in [1.82, 2.24) is 15.1 Å². The maximum Gasteiger partial charge on any atom is 0.160 e. The van der Waals surface area contributed by atoms with Crippen LogP contribution in [0.15, 0.2) is 28.8 Å². The lowest BCUT2D eigenvalue weighted by atomic mass is 10.3. The summed E-state index contributed by atoms with van der Waals surface area (Å²) in [5.74, 6) is 1.42. The van der Waals surface area contributed by atoms with E-state index in [-0.39, 0.29) is 0 Å². The van der Waals surface area contributed by atoms with E-state index in [9.17, 15) is 0 Å². The second-order valence-electron chi connectivity index (χ2n) is 3.65. The molecule has 0 radical (unpaired) electrons. The predicted molar refractivity (Wildman–Crippen MR) is 60.7 cm³/mol. The first-order chi connectivity index (χ1) is 7.74. The molecule has 5 heteroatoms. The van der Waals surface area contributed by atoms with E-state index >= 15 is 0 Å². The smallest absolute Gasteiger partial charge is 0.160 e. The third kappa shape index (κ3) is 1.25. The quantitative estimate of drug-likeness (QED) is 0.608. The van der Waals surface area contributed by atoms with Gasteiger partial charge in [-0.3, -0.25) is 0 Å². The van der Waals surface area contributed by atoms with Crippen molar-refractivity contribution in [3.8, 4) is 11.5 Å². The lowest BCUT2D eigenvalue weighted by molar-refractivity contribution is 0.399. The minimum atomic E-state index is 0.653. The van der Waals surface area contributed by atoms with E-state index < -0.39 is 0 Å². The van der Waals surface area contributed by atoms with Gasteiger partial charge in [-0.15, -0.1) is 0 Å². The minimum absolute atomic E-state index is 0.653. The normalized spacial score (nSPS) is 11.1. The van der Waals surface area contributed by atoms with Crippen LogP contribution in [0.4, 0.5) is 5.69 Å². The van der Waals surface area contributed by atoms with Gasteiger partial charge in [0.05, 0.1) is 11.2 Å². The molecule has 16 heavy (non-hydrogen) atoms. The van der Waals surface area contributed by atoms with E-state index in [0.29, 0.717) is 17.2 Å². The number of fused-ring (bicyclic) bond motifs is 1. The topological polar surface area (TPSA) is 80.7 Å². The van der Waals surface area contributed by atoms with Crippen molar-refractivity contribution in [2.45, 2.75) is 6.92 Å². The van der Waals surface area contributed by atoms with Crippen molar-refractivity contribution >= 4 is 16.7 Å². The van der Waals surface area contributed by atoms with Gasteiger partial charge in [-0.25, -0.2) is 4.98 Å². The molecule has 0 saturated heterocycles. The molecule has 0 aliphatic heterocycles. The summed E-state index contributed by atoms with van der Waals surface area (Å²) in [5.41, 5.74) is 8.83. The van der Waals surface area contributed by atoms with Crippen LogP contribution < -0.4 is 5.73 Å². The number of hydrogen-bond acceptors (Lipinski definition) is 4. The van der Waals surface area contributed by atoms with Gasteiger partial charge in [0.1, 0.15) is 17.0 Å². The zero-order chi connectivity index (χ0) is 11.1. The van der Waals surface area contributed by atoms with E-state index in [4.69, 9.17) is 10.3 Å². The van der Waals surface area contributed by atoms with Crippen LogP contribution in [0.1, 0.15) is 5.76 Å². The average molecular weight is 214 g/mol. The molecule has 3 rings (SSSR count). The van der Waals surface area contributed by atoms with Crippen LogP contribution in [-0.2, 0) is 0 Å². The number of para-hydroxylation sites is 1. The van der Waals surface area contributed by atoms with Gasteiger partial charge in [-0.2, -0.15) is 0 Å². The van der Waals surface area contributed by atoms with Crippen LogP contribution in [0.5, 0.6) is 0 Å². The molecule has 2 aromatic heterocycles. The molecule has 3 N–H and O–H groups in total. The SMILES string of the molecule is Cc1cc(-c2nc3c(N)cccc3[nH]2)no1. The fraction of sp³-hybridized carbons (Fsp3) is 0.0909. The molecule has 0 atom stereocenters. The maximum atomic E-state index is 5.83. The molecule has 0 spiro atoms.